The summed E-state index contributed by atoms with van der Waals surface area (Å²) in [5.41, 5.74) is 1.29. The van der Waals surface area contributed by atoms with Gasteiger partial charge in [-0.15, -0.1) is 0 Å². The molecule has 2 amide bonds. The average Bonchev–Trinajstić information content (AvgIpc) is 3.04. The molecule has 1 heterocycles. The largest absolute Gasteiger partial charge is 0.352 e. The zero-order valence-corrected chi connectivity index (χ0v) is 14.3. The summed E-state index contributed by atoms with van der Waals surface area (Å²) in [7, 11) is 0. The van der Waals surface area contributed by atoms with E-state index in [-0.39, 0.29) is 23.9 Å². The molecule has 0 unspecified atom stereocenters. The Labute approximate surface area is 139 Å². The summed E-state index contributed by atoms with van der Waals surface area (Å²) < 4.78 is 0. The highest BCUT2D eigenvalue weighted by atomic mass is 16.2. The summed E-state index contributed by atoms with van der Waals surface area (Å²) in [5, 5.41) is 3.09. The molecule has 0 radical (unpaired) electrons. The molecule has 1 aliphatic heterocycles. The Morgan fingerprint density at radius 2 is 2.04 bits per heavy atom. The lowest BCUT2D eigenvalue weighted by molar-refractivity contribution is -0.138. The maximum absolute atomic E-state index is 12.5. The normalized spacial score (nSPS) is 18.7. The standard InChI is InChI=1S/C19H28N2O2/c1-3-8-18(22)21-14-7-11-17(21)19(23)20-15(2)12-13-16-9-5-4-6-10-16/h4-6,9-10,15,17H,3,7-8,11-14H2,1-2H3,(H,20,23)/t15-,17+/m1/s1. The number of carbonyl (C=O) groups is 2. The fourth-order valence-corrected chi connectivity index (χ4v) is 3.13. The molecule has 1 saturated heterocycles. The summed E-state index contributed by atoms with van der Waals surface area (Å²) >= 11 is 0. The molecule has 1 aromatic carbocycles. The molecule has 4 nitrogen and oxygen atoms in total. The minimum Gasteiger partial charge on any atom is -0.352 e. The van der Waals surface area contributed by atoms with Crippen molar-refractivity contribution in [3.8, 4) is 0 Å². The van der Waals surface area contributed by atoms with Crippen LogP contribution in [0.1, 0.15) is 51.5 Å². The number of carbonyl (C=O) groups excluding carboxylic acids is 2. The van der Waals surface area contributed by atoms with E-state index in [2.05, 4.69) is 17.4 Å². The first kappa shape index (κ1) is 17.5. The highest BCUT2D eigenvalue weighted by Gasteiger charge is 2.33. The van der Waals surface area contributed by atoms with Crippen LogP contribution in [0.4, 0.5) is 0 Å². The molecule has 2 atom stereocenters. The van der Waals surface area contributed by atoms with E-state index in [1.807, 2.05) is 32.0 Å². The molecule has 0 spiro atoms. The monoisotopic (exact) mass is 316 g/mol. The number of amides is 2. The number of aryl methyl sites for hydroxylation is 1. The number of likely N-dealkylation sites (tertiary alicyclic amines) is 1. The van der Waals surface area contributed by atoms with E-state index in [9.17, 15) is 9.59 Å². The Hall–Kier alpha value is -1.84. The molecule has 0 bridgehead atoms. The van der Waals surface area contributed by atoms with Crippen LogP contribution in [0, 0.1) is 0 Å². The minimum atomic E-state index is -0.270. The first-order chi connectivity index (χ1) is 11.1. The van der Waals surface area contributed by atoms with E-state index < -0.39 is 0 Å². The third kappa shape index (κ3) is 5.08. The van der Waals surface area contributed by atoms with E-state index in [0.29, 0.717) is 6.42 Å². The Bertz CT molecular complexity index is 515. The molecule has 0 aliphatic carbocycles. The molecule has 2 rings (SSSR count). The lowest BCUT2D eigenvalue weighted by Gasteiger charge is -2.25. The SMILES string of the molecule is CCCC(=O)N1CCC[C@H]1C(=O)N[C@H](C)CCc1ccccc1. The van der Waals surface area contributed by atoms with Gasteiger partial charge in [0.25, 0.3) is 0 Å². The maximum Gasteiger partial charge on any atom is 0.243 e. The van der Waals surface area contributed by atoms with Gasteiger partial charge in [-0.2, -0.15) is 0 Å². The number of rotatable bonds is 7. The molecular formula is C19H28N2O2. The summed E-state index contributed by atoms with van der Waals surface area (Å²) in [5.74, 6) is 0.120. The number of nitrogens with one attached hydrogen (secondary N) is 1. The molecule has 1 fully saturated rings. The number of nitrogens with zero attached hydrogens (tertiary/aromatic N) is 1. The van der Waals surface area contributed by atoms with E-state index in [4.69, 9.17) is 0 Å². The fraction of sp³-hybridized carbons (Fsp3) is 0.579. The number of hydrogen-bond acceptors (Lipinski definition) is 2. The van der Waals surface area contributed by atoms with Crippen LogP contribution in [-0.4, -0.2) is 35.3 Å². The van der Waals surface area contributed by atoms with E-state index >= 15 is 0 Å². The van der Waals surface area contributed by atoms with Crippen molar-refractivity contribution >= 4 is 11.8 Å². The van der Waals surface area contributed by atoms with Crippen LogP contribution in [0.25, 0.3) is 0 Å². The van der Waals surface area contributed by atoms with E-state index in [1.165, 1.54) is 5.56 Å². The maximum atomic E-state index is 12.5. The quantitative estimate of drug-likeness (QED) is 0.841. The van der Waals surface area contributed by atoms with Gasteiger partial charge in [0.15, 0.2) is 0 Å². The van der Waals surface area contributed by atoms with Crippen LogP contribution in [0.5, 0.6) is 0 Å². The summed E-state index contributed by atoms with van der Waals surface area (Å²) in [4.78, 5) is 26.4. The Kier molecular flexibility index (Phi) is 6.63. The van der Waals surface area contributed by atoms with Crippen molar-refractivity contribution in [1.29, 1.82) is 0 Å². The van der Waals surface area contributed by atoms with Crippen molar-refractivity contribution < 1.29 is 9.59 Å². The van der Waals surface area contributed by atoms with Gasteiger partial charge in [-0.1, -0.05) is 37.3 Å². The van der Waals surface area contributed by atoms with Gasteiger partial charge < -0.3 is 10.2 Å². The third-order valence-corrected chi connectivity index (χ3v) is 4.44. The van der Waals surface area contributed by atoms with Gasteiger partial charge in [0, 0.05) is 19.0 Å². The summed E-state index contributed by atoms with van der Waals surface area (Å²) in [6.07, 6.45) is 4.93. The topological polar surface area (TPSA) is 49.4 Å². The van der Waals surface area contributed by atoms with Crippen LogP contribution in [0.3, 0.4) is 0 Å². The molecule has 0 aromatic heterocycles. The lowest BCUT2D eigenvalue weighted by atomic mass is 10.1. The molecule has 0 saturated carbocycles. The molecule has 4 heteroatoms. The first-order valence-electron chi connectivity index (χ1n) is 8.75. The van der Waals surface area contributed by atoms with Gasteiger partial charge in [-0.05, 0) is 44.6 Å². The van der Waals surface area contributed by atoms with Gasteiger partial charge in [0.1, 0.15) is 6.04 Å². The predicted molar refractivity (Wildman–Crippen MR) is 92.0 cm³/mol. The molecular weight excluding hydrogens is 288 g/mol. The molecule has 1 aliphatic rings. The van der Waals surface area contributed by atoms with Gasteiger partial charge in [-0.25, -0.2) is 0 Å². The van der Waals surface area contributed by atoms with Crippen LogP contribution < -0.4 is 5.32 Å². The van der Waals surface area contributed by atoms with Crippen molar-refractivity contribution in [2.45, 2.75) is 64.5 Å². The fourth-order valence-electron chi connectivity index (χ4n) is 3.13. The van der Waals surface area contributed by atoms with E-state index in [0.717, 1.165) is 38.6 Å². The Morgan fingerprint density at radius 3 is 2.74 bits per heavy atom. The second-order valence-electron chi connectivity index (χ2n) is 6.43. The van der Waals surface area contributed by atoms with Gasteiger partial charge in [0.2, 0.25) is 11.8 Å². The highest BCUT2D eigenvalue weighted by molar-refractivity contribution is 5.88. The summed E-state index contributed by atoms with van der Waals surface area (Å²) in [6, 6.07) is 10.1. The average molecular weight is 316 g/mol. The number of hydrogen-bond donors (Lipinski definition) is 1. The predicted octanol–water partition coefficient (Wildman–Crippen LogP) is 2.92. The molecule has 1 N–H and O–H groups in total. The van der Waals surface area contributed by atoms with Crippen LogP contribution in [-0.2, 0) is 16.0 Å². The zero-order valence-electron chi connectivity index (χ0n) is 14.3. The van der Waals surface area contributed by atoms with Gasteiger partial charge in [-0.3, -0.25) is 9.59 Å². The molecule has 1 aromatic rings. The molecule has 23 heavy (non-hydrogen) atoms. The Balaban J connectivity index is 1.81. The van der Waals surface area contributed by atoms with Gasteiger partial charge in [0.05, 0.1) is 0 Å². The third-order valence-electron chi connectivity index (χ3n) is 4.44. The van der Waals surface area contributed by atoms with Crippen molar-refractivity contribution in [3.05, 3.63) is 35.9 Å². The Morgan fingerprint density at radius 1 is 1.30 bits per heavy atom. The second-order valence-corrected chi connectivity index (χ2v) is 6.43. The van der Waals surface area contributed by atoms with Crippen LogP contribution >= 0.6 is 0 Å². The number of benzene rings is 1. The summed E-state index contributed by atoms with van der Waals surface area (Å²) in [6.45, 7) is 4.75. The van der Waals surface area contributed by atoms with Gasteiger partial charge >= 0.3 is 0 Å². The minimum absolute atomic E-state index is 0.00696. The van der Waals surface area contributed by atoms with Crippen LogP contribution in [0.2, 0.25) is 0 Å². The van der Waals surface area contributed by atoms with Crippen molar-refractivity contribution in [3.63, 3.8) is 0 Å². The van der Waals surface area contributed by atoms with Crippen molar-refractivity contribution in [2.75, 3.05) is 6.54 Å². The smallest absolute Gasteiger partial charge is 0.243 e. The van der Waals surface area contributed by atoms with Crippen LogP contribution in [0.15, 0.2) is 30.3 Å². The lowest BCUT2D eigenvalue weighted by Crippen LogP contribution is -2.48. The molecule has 126 valence electrons. The highest BCUT2D eigenvalue weighted by Crippen LogP contribution is 2.19. The van der Waals surface area contributed by atoms with E-state index in [1.54, 1.807) is 4.90 Å². The van der Waals surface area contributed by atoms with Crippen molar-refractivity contribution in [1.82, 2.24) is 10.2 Å². The zero-order chi connectivity index (χ0) is 16.7. The first-order valence-corrected chi connectivity index (χ1v) is 8.75. The second kappa shape index (κ2) is 8.70. The van der Waals surface area contributed by atoms with Crippen molar-refractivity contribution in [2.24, 2.45) is 0 Å².